The van der Waals surface area contributed by atoms with Crippen LogP contribution in [0.15, 0.2) is 23.0 Å². The Kier molecular flexibility index (Phi) is 4.45. The lowest BCUT2D eigenvalue weighted by Crippen LogP contribution is -2.40. The lowest BCUT2D eigenvalue weighted by atomic mass is 10.2. The number of allylic oxidation sites excluding steroid dienone is 1. The van der Waals surface area contributed by atoms with Crippen LogP contribution >= 0.6 is 0 Å². The van der Waals surface area contributed by atoms with E-state index in [2.05, 4.69) is 10.3 Å². The van der Waals surface area contributed by atoms with Crippen molar-refractivity contribution in [1.82, 2.24) is 10.3 Å². The average Bonchev–Trinajstić information content (AvgIpc) is 2.70. The van der Waals surface area contributed by atoms with Gasteiger partial charge in [0.15, 0.2) is 12.1 Å². The van der Waals surface area contributed by atoms with Crippen molar-refractivity contribution in [2.24, 2.45) is 0 Å². The maximum absolute atomic E-state index is 11.7. The molecule has 0 saturated carbocycles. The third-order valence-electron chi connectivity index (χ3n) is 2.17. The molecule has 1 rings (SSSR count). The van der Waals surface area contributed by atoms with Gasteiger partial charge in [0, 0.05) is 0 Å². The van der Waals surface area contributed by atoms with Crippen LogP contribution in [-0.2, 0) is 4.79 Å². The summed E-state index contributed by atoms with van der Waals surface area (Å²) in [6.45, 7) is 3.37. The summed E-state index contributed by atoms with van der Waals surface area (Å²) in [5, 5.41) is 11.3. The van der Waals surface area contributed by atoms with Crippen LogP contribution in [0.5, 0.6) is 0 Å². The molecule has 1 aromatic heterocycles. The van der Waals surface area contributed by atoms with E-state index in [4.69, 9.17) is 9.52 Å². The van der Waals surface area contributed by atoms with Gasteiger partial charge in [-0.3, -0.25) is 4.79 Å². The number of hydrogen-bond donors (Lipinski definition) is 2. The Morgan fingerprint density at radius 2 is 2.35 bits per heavy atom. The molecule has 0 bridgehead atoms. The minimum Gasteiger partial charge on any atom is -0.480 e. The highest BCUT2D eigenvalue weighted by molar-refractivity contribution is 5.95. The van der Waals surface area contributed by atoms with Gasteiger partial charge in [-0.05, 0) is 20.3 Å². The lowest BCUT2D eigenvalue weighted by molar-refractivity contribution is -0.139. The molecule has 6 nitrogen and oxygen atoms in total. The van der Waals surface area contributed by atoms with E-state index in [1.54, 1.807) is 26.0 Å². The summed E-state index contributed by atoms with van der Waals surface area (Å²) >= 11 is 0. The molecule has 1 aromatic rings. The van der Waals surface area contributed by atoms with Crippen molar-refractivity contribution < 1.29 is 19.1 Å². The summed E-state index contributed by atoms with van der Waals surface area (Å²) in [7, 11) is 0. The van der Waals surface area contributed by atoms with Crippen LogP contribution < -0.4 is 5.32 Å². The molecule has 0 aliphatic carbocycles. The summed E-state index contributed by atoms with van der Waals surface area (Å²) in [6, 6.07) is -0.963. The van der Waals surface area contributed by atoms with E-state index in [1.807, 2.05) is 0 Å². The second kappa shape index (κ2) is 5.83. The van der Waals surface area contributed by atoms with E-state index in [9.17, 15) is 9.59 Å². The number of aromatic nitrogens is 1. The van der Waals surface area contributed by atoms with Crippen LogP contribution in [0.2, 0.25) is 0 Å². The predicted molar refractivity (Wildman–Crippen MR) is 59.6 cm³/mol. The fraction of sp³-hybridized carbons (Fsp3) is 0.364. The third-order valence-corrected chi connectivity index (χ3v) is 2.17. The van der Waals surface area contributed by atoms with E-state index in [-0.39, 0.29) is 12.1 Å². The molecule has 0 radical (unpaired) electrons. The summed E-state index contributed by atoms with van der Waals surface area (Å²) in [4.78, 5) is 26.3. The van der Waals surface area contributed by atoms with Gasteiger partial charge in [-0.25, -0.2) is 9.78 Å². The number of carbonyl (C=O) groups excluding carboxylic acids is 1. The molecule has 1 heterocycles. The molecule has 1 atom stereocenters. The number of oxazole rings is 1. The first-order valence-electron chi connectivity index (χ1n) is 5.11. The largest absolute Gasteiger partial charge is 0.480 e. The van der Waals surface area contributed by atoms with Gasteiger partial charge in [0.2, 0.25) is 0 Å². The normalized spacial score (nSPS) is 12.6. The molecule has 0 aliphatic rings. The molecule has 92 valence electrons. The zero-order valence-corrected chi connectivity index (χ0v) is 9.64. The van der Waals surface area contributed by atoms with Gasteiger partial charge in [-0.15, -0.1) is 0 Å². The van der Waals surface area contributed by atoms with Crippen molar-refractivity contribution >= 4 is 11.9 Å². The molecule has 0 spiro atoms. The van der Waals surface area contributed by atoms with Crippen LogP contribution in [0.3, 0.4) is 0 Å². The number of amides is 1. The Bertz CT molecular complexity index is 436. The number of nitrogens with zero attached hydrogens (tertiary/aromatic N) is 1. The monoisotopic (exact) mass is 238 g/mol. The van der Waals surface area contributed by atoms with E-state index in [0.29, 0.717) is 5.76 Å². The number of carbonyl (C=O) groups is 2. The molecule has 6 heteroatoms. The Morgan fingerprint density at radius 1 is 1.65 bits per heavy atom. The number of aliphatic carboxylic acids is 1. The second-order valence-electron chi connectivity index (χ2n) is 3.43. The summed E-state index contributed by atoms with van der Waals surface area (Å²) in [5.41, 5.74) is 0.108. The highest BCUT2D eigenvalue weighted by Crippen LogP contribution is 2.05. The number of nitrogens with one attached hydrogen (secondary N) is 1. The van der Waals surface area contributed by atoms with Gasteiger partial charge >= 0.3 is 5.97 Å². The van der Waals surface area contributed by atoms with Gasteiger partial charge in [0.1, 0.15) is 11.8 Å². The lowest BCUT2D eigenvalue weighted by Gasteiger charge is -2.11. The number of hydrogen-bond acceptors (Lipinski definition) is 4. The number of carboxylic acids is 1. The van der Waals surface area contributed by atoms with Crippen molar-refractivity contribution in [3.05, 3.63) is 30.0 Å². The zero-order chi connectivity index (χ0) is 12.8. The number of aryl methyl sites for hydroxylation is 1. The SMILES string of the molecule is C/C=C/CC(NC(=O)c1ncoc1C)C(=O)O. The Labute approximate surface area is 98.3 Å². The van der Waals surface area contributed by atoms with Crippen LogP contribution in [0.1, 0.15) is 29.6 Å². The Hall–Kier alpha value is -2.11. The molecule has 1 unspecified atom stereocenters. The van der Waals surface area contributed by atoms with Crippen LogP contribution in [0, 0.1) is 6.92 Å². The fourth-order valence-corrected chi connectivity index (χ4v) is 1.24. The highest BCUT2D eigenvalue weighted by atomic mass is 16.4. The van der Waals surface area contributed by atoms with E-state index in [0.717, 1.165) is 6.39 Å². The van der Waals surface area contributed by atoms with Crippen molar-refractivity contribution in [3.8, 4) is 0 Å². The highest BCUT2D eigenvalue weighted by Gasteiger charge is 2.21. The van der Waals surface area contributed by atoms with Gasteiger partial charge in [0.05, 0.1) is 0 Å². The maximum atomic E-state index is 11.7. The first-order valence-corrected chi connectivity index (χ1v) is 5.11. The quantitative estimate of drug-likeness (QED) is 0.750. The third kappa shape index (κ3) is 3.44. The van der Waals surface area contributed by atoms with Gasteiger partial charge in [-0.2, -0.15) is 0 Å². The molecule has 0 fully saturated rings. The molecular formula is C11H14N2O4. The van der Waals surface area contributed by atoms with Crippen molar-refractivity contribution in [3.63, 3.8) is 0 Å². The minimum atomic E-state index is -1.09. The second-order valence-corrected chi connectivity index (χ2v) is 3.43. The summed E-state index contributed by atoms with van der Waals surface area (Å²) in [6.07, 6.45) is 4.78. The van der Waals surface area contributed by atoms with Crippen molar-refractivity contribution in [2.45, 2.75) is 26.3 Å². The van der Waals surface area contributed by atoms with Crippen LogP contribution in [0.25, 0.3) is 0 Å². The minimum absolute atomic E-state index is 0.108. The Balaban J connectivity index is 2.71. The topological polar surface area (TPSA) is 92.4 Å². The predicted octanol–water partition coefficient (Wildman–Crippen LogP) is 1.13. The van der Waals surface area contributed by atoms with Crippen molar-refractivity contribution in [2.75, 3.05) is 0 Å². The molecule has 0 aliphatic heterocycles. The first-order chi connectivity index (χ1) is 8.06. The van der Waals surface area contributed by atoms with Crippen LogP contribution in [0.4, 0.5) is 0 Å². The number of rotatable bonds is 5. The van der Waals surface area contributed by atoms with Gasteiger partial charge in [0.25, 0.3) is 5.91 Å². The summed E-state index contributed by atoms with van der Waals surface area (Å²) in [5.74, 6) is -1.27. The van der Waals surface area contributed by atoms with E-state index < -0.39 is 17.9 Å². The van der Waals surface area contributed by atoms with Gasteiger partial charge in [-0.1, -0.05) is 12.2 Å². The molecule has 1 amide bonds. The molecule has 2 N–H and O–H groups in total. The smallest absolute Gasteiger partial charge is 0.326 e. The Morgan fingerprint density at radius 3 is 2.82 bits per heavy atom. The molecular weight excluding hydrogens is 224 g/mol. The van der Waals surface area contributed by atoms with E-state index in [1.165, 1.54) is 0 Å². The molecule has 17 heavy (non-hydrogen) atoms. The zero-order valence-electron chi connectivity index (χ0n) is 9.64. The maximum Gasteiger partial charge on any atom is 0.326 e. The van der Waals surface area contributed by atoms with E-state index >= 15 is 0 Å². The van der Waals surface area contributed by atoms with Crippen molar-refractivity contribution in [1.29, 1.82) is 0 Å². The van der Waals surface area contributed by atoms with Crippen LogP contribution in [-0.4, -0.2) is 28.0 Å². The molecule has 0 saturated heterocycles. The fourth-order valence-electron chi connectivity index (χ4n) is 1.24. The number of carboxylic acid groups (broad SMARTS) is 1. The first kappa shape index (κ1) is 13.0. The molecule has 0 aromatic carbocycles. The van der Waals surface area contributed by atoms with Gasteiger partial charge < -0.3 is 14.8 Å². The average molecular weight is 238 g/mol. The standard InChI is InChI=1S/C11H14N2O4/c1-3-4-5-8(11(15)16)13-10(14)9-7(2)17-6-12-9/h3-4,6,8H,5H2,1-2H3,(H,13,14)(H,15,16)/b4-3+. The summed E-state index contributed by atoms with van der Waals surface area (Å²) < 4.78 is 4.88.